The number of hydrogen-bond acceptors (Lipinski definition) is 5. The third-order valence-electron chi connectivity index (χ3n) is 18.6. The molecule has 0 amide bonds. The second-order valence-electron chi connectivity index (χ2n) is 24.1. The summed E-state index contributed by atoms with van der Waals surface area (Å²) in [4.78, 5) is 4.88. The smallest absolute Gasteiger partial charge is 0.0540 e. The molecular formula is C87H54Br2N2S3. The molecule has 17 aromatic carbocycles. The van der Waals surface area contributed by atoms with Crippen LogP contribution >= 0.6 is 65.9 Å². The van der Waals surface area contributed by atoms with E-state index in [4.69, 9.17) is 0 Å². The highest BCUT2D eigenvalue weighted by Gasteiger charge is 2.23. The highest BCUT2D eigenvalue weighted by atomic mass is 79.9. The number of para-hydroxylation sites is 2. The van der Waals surface area contributed by atoms with Crippen molar-refractivity contribution in [1.82, 2.24) is 0 Å². The number of fused-ring (bicyclic) bond motifs is 9. The van der Waals surface area contributed by atoms with E-state index in [1.165, 1.54) is 136 Å². The first-order valence-electron chi connectivity index (χ1n) is 31.6. The maximum absolute atomic E-state index is 3.65. The Bertz CT molecular complexity index is 5950. The summed E-state index contributed by atoms with van der Waals surface area (Å²) >= 11 is 12.9. The number of halogens is 2. The summed E-state index contributed by atoms with van der Waals surface area (Å²) in [6, 6.07) is 115. The fourth-order valence-electron chi connectivity index (χ4n) is 14.3. The fourth-order valence-corrected chi connectivity index (χ4v) is 18.5. The Morgan fingerprint density at radius 1 is 0.223 bits per heavy atom. The Morgan fingerprint density at radius 2 is 0.553 bits per heavy atom. The zero-order chi connectivity index (χ0) is 62.4. The lowest BCUT2D eigenvalue weighted by Gasteiger charge is -2.29. The zero-order valence-corrected chi connectivity index (χ0v) is 56.2. The average molecular weight is 1380 g/mol. The average Bonchev–Trinajstić information content (AvgIpc) is 1.18. The molecule has 0 aliphatic carbocycles. The van der Waals surface area contributed by atoms with Gasteiger partial charge in [-0.2, -0.15) is 0 Å². The first-order valence-corrected chi connectivity index (χ1v) is 35.7. The summed E-state index contributed by atoms with van der Waals surface area (Å²) in [5.41, 5.74) is 9.64. The molecule has 94 heavy (non-hydrogen) atoms. The lowest BCUT2D eigenvalue weighted by atomic mass is 9.91. The minimum absolute atomic E-state index is 1.00. The van der Waals surface area contributed by atoms with Crippen LogP contribution in [-0.2, 0) is 6.42 Å². The number of benzene rings is 17. The molecule has 0 fully saturated rings. The topological polar surface area (TPSA) is 6.48 Å². The Hall–Kier alpha value is -9.96. The van der Waals surface area contributed by atoms with Crippen molar-refractivity contribution in [2.24, 2.45) is 0 Å². The summed E-state index contributed by atoms with van der Waals surface area (Å²) in [7, 11) is 0. The van der Waals surface area contributed by atoms with E-state index in [0.717, 1.165) is 49.5 Å². The summed E-state index contributed by atoms with van der Waals surface area (Å²) in [5, 5.41) is 23.3. The van der Waals surface area contributed by atoms with Crippen LogP contribution in [0.5, 0.6) is 0 Å². The molecular weight excluding hydrogens is 1330 g/mol. The number of hydrogen-bond donors (Lipinski definition) is 0. The lowest BCUT2D eigenvalue weighted by Crippen LogP contribution is -2.11. The second-order valence-corrected chi connectivity index (χ2v) is 29.1. The minimum Gasteiger partial charge on any atom is -0.310 e. The first kappa shape index (κ1) is 56.8. The van der Waals surface area contributed by atoms with Crippen molar-refractivity contribution in [2.75, 3.05) is 9.80 Å². The van der Waals surface area contributed by atoms with Crippen molar-refractivity contribution < 1.29 is 0 Å². The maximum atomic E-state index is 3.65. The molecule has 0 saturated carbocycles. The van der Waals surface area contributed by atoms with Gasteiger partial charge in [0, 0.05) is 103 Å². The highest BCUT2D eigenvalue weighted by molar-refractivity contribution is 9.11. The molecule has 3 heterocycles. The van der Waals surface area contributed by atoms with Crippen molar-refractivity contribution in [3.05, 3.63) is 336 Å². The molecule has 0 bridgehead atoms. The van der Waals surface area contributed by atoms with Crippen molar-refractivity contribution >= 4 is 225 Å². The van der Waals surface area contributed by atoms with E-state index in [0.29, 0.717) is 0 Å². The van der Waals surface area contributed by atoms with E-state index < -0.39 is 0 Å². The largest absolute Gasteiger partial charge is 0.310 e. The van der Waals surface area contributed by atoms with Crippen LogP contribution in [0.25, 0.3) is 125 Å². The Balaban J connectivity index is 0.000000137. The normalized spacial score (nSPS) is 11.8. The summed E-state index contributed by atoms with van der Waals surface area (Å²) in [6.45, 7) is 0. The van der Waals surface area contributed by atoms with Crippen LogP contribution in [0.3, 0.4) is 0 Å². The summed E-state index contributed by atoms with van der Waals surface area (Å²) in [5.74, 6) is 0. The van der Waals surface area contributed by atoms with Crippen LogP contribution in [0.2, 0.25) is 0 Å². The molecule has 0 N–H and O–H groups in total. The summed E-state index contributed by atoms with van der Waals surface area (Å²) < 4.78 is 10.3. The minimum atomic E-state index is 1.00. The number of thiophene rings is 3. The molecule has 0 spiro atoms. The van der Waals surface area contributed by atoms with Gasteiger partial charge in [-0.15, -0.1) is 34.0 Å². The molecule has 2 nitrogen and oxygen atoms in total. The van der Waals surface area contributed by atoms with Crippen LogP contribution in [-0.4, -0.2) is 0 Å². The van der Waals surface area contributed by atoms with E-state index in [1.54, 1.807) is 0 Å². The van der Waals surface area contributed by atoms with Gasteiger partial charge in [0.2, 0.25) is 0 Å². The second kappa shape index (κ2) is 23.6. The van der Waals surface area contributed by atoms with Crippen LogP contribution in [0.4, 0.5) is 34.1 Å². The standard InChI is InChI=1S/C52H32N2S2.C19H14S.C16H8Br2/c1-3-11-35(12-4-1)53(37-23-29-49-43(31-37)39-15-7-9-17-47(39)55-49)45-27-21-33-20-26-42-46(28-22-34-19-25-41(45)51(33)52(34)42)54(36-13-5-2-6-14-36)38-24-30-50-44(32-38)40-16-8-10-18-48(40)56-50;1-2-6-14(7-3-1)12-15-10-11-19-17(13-15)16-8-4-5-9-18(16)20-19;17-13-8-4-10-2-6-12-14(18)7-3-9-1-5-11(13)16(10)15(9)12/h1-32H;1-11,13H,12H2;1-8H. The van der Waals surface area contributed by atoms with Crippen LogP contribution < -0.4 is 9.80 Å². The molecule has 20 rings (SSSR count). The molecule has 3 aromatic heterocycles. The van der Waals surface area contributed by atoms with Gasteiger partial charge in [0.15, 0.2) is 0 Å². The number of anilines is 6. The third-order valence-corrected chi connectivity index (χ3v) is 23.5. The Kier molecular flexibility index (Phi) is 14.2. The van der Waals surface area contributed by atoms with Gasteiger partial charge in [0.25, 0.3) is 0 Å². The fraction of sp³-hybridized carbons (Fsp3) is 0.0115. The van der Waals surface area contributed by atoms with E-state index in [-0.39, 0.29) is 0 Å². The molecule has 0 aliphatic heterocycles. The maximum Gasteiger partial charge on any atom is 0.0540 e. The van der Waals surface area contributed by atoms with Crippen molar-refractivity contribution in [2.45, 2.75) is 6.42 Å². The summed E-state index contributed by atoms with van der Waals surface area (Å²) in [6.07, 6.45) is 1.00. The third kappa shape index (κ3) is 9.84. The molecule has 20 aromatic rings. The Morgan fingerprint density at radius 3 is 0.989 bits per heavy atom. The molecule has 0 unspecified atom stereocenters. The van der Waals surface area contributed by atoms with E-state index in [9.17, 15) is 0 Å². The molecule has 0 saturated heterocycles. The molecule has 7 heteroatoms. The van der Waals surface area contributed by atoms with Gasteiger partial charge in [-0.05, 0) is 187 Å². The molecule has 0 aliphatic rings. The van der Waals surface area contributed by atoms with Gasteiger partial charge < -0.3 is 9.80 Å². The SMILES string of the molecule is Brc1ccc2ccc3c(Br)ccc4ccc1c2c43.c1ccc(Cc2ccc3sc4ccccc4c3c2)cc1.c1ccc(N(c2ccc3sc4ccccc4c3c2)c2ccc3ccc4c(N(c5ccccc5)c5ccc6sc7ccccc7c6c5)ccc5ccc2c3c54)cc1. The molecule has 0 radical (unpaired) electrons. The molecule has 444 valence electrons. The van der Waals surface area contributed by atoms with Gasteiger partial charge in [-0.1, -0.05) is 232 Å². The van der Waals surface area contributed by atoms with Gasteiger partial charge >= 0.3 is 0 Å². The monoisotopic (exact) mass is 1380 g/mol. The van der Waals surface area contributed by atoms with Crippen molar-refractivity contribution in [1.29, 1.82) is 0 Å². The van der Waals surface area contributed by atoms with E-state index in [2.05, 4.69) is 357 Å². The number of nitrogens with zero attached hydrogens (tertiary/aromatic N) is 2. The van der Waals surface area contributed by atoms with Gasteiger partial charge in [-0.25, -0.2) is 0 Å². The van der Waals surface area contributed by atoms with Gasteiger partial charge in [0.1, 0.15) is 0 Å². The quantitative estimate of drug-likeness (QED) is 0.140. The van der Waals surface area contributed by atoms with Crippen LogP contribution in [0.1, 0.15) is 11.1 Å². The van der Waals surface area contributed by atoms with E-state index >= 15 is 0 Å². The van der Waals surface area contributed by atoms with Crippen LogP contribution in [0, 0.1) is 0 Å². The van der Waals surface area contributed by atoms with Crippen molar-refractivity contribution in [3.8, 4) is 0 Å². The Labute approximate surface area is 572 Å². The predicted molar refractivity (Wildman–Crippen MR) is 419 cm³/mol. The predicted octanol–water partition coefficient (Wildman–Crippen LogP) is 28.0. The van der Waals surface area contributed by atoms with Crippen molar-refractivity contribution in [3.63, 3.8) is 0 Å². The highest BCUT2D eigenvalue weighted by Crippen LogP contribution is 2.50. The van der Waals surface area contributed by atoms with Crippen LogP contribution in [0.15, 0.2) is 324 Å². The first-order chi connectivity index (χ1) is 46.4. The van der Waals surface area contributed by atoms with Gasteiger partial charge in [-0.3, -0.25) is 0 Å². The zero-order valence-electron chi connectivity index (χ0n) is 50.6. The molecule has 0 atom stereocenters. The van der Waals surface area contributed by atoms with Gasteiger partial charge in [0.05, 0.1) is 11.4 Å². The number of rotatable bonds is 8. The van der Waals surface area contributed by atoms with E-state index in [1.807, 2.05) is 34.0 Å². The lowest BCUT2D eigenvalue weighted by molar-refractivity contribution is 1.20.